The zero-order valence-electron chi connectivity index (χ0n) is 14.2. The molecule has 144 valence electrons. The largest absolute Gasteiger partial charge is 0.360 e. The molecule has 2 aromatic rings. The summed E-state index contributed by atoms with van der Waals surface area (Å²) in [4.78, 5) is 15.0. The second-order valence-corrected chi connectivity index (χ2v) is 6.24. The van der Waals surface area contributed by atoms with Gasteiger partial charge in [-0.25, -0.2) is 22.0 Å². The van der Waals surface area contributed by atoms with Gasteiger partial charge in [-0.15, -0.1) is 0 Å². The van der Waals surface area contributed by atoms with Gasteiger partial charge in [-0.05, 0) is 12.1 Å². The van der Waals surface area contributed by atoms with E-state index in [0.717, 1.165) is 10.6 Å². The number of hydrogen-bond acceptors (Lipinski definition) is 2. The van der Waals surface area contributed by atoms with E-state index >= 15 is 0 Å². The van der Waals surface area contributed by atoms with Crippen LogP contribution in [0.5, 0.6) is 0 Å². The molecule has 0 aliphatic carbocycles. The van der Waals surface area contributed by atoms with Crippen LogP contribution in [-0.2, 0) is 4.79 Å². The summed E-state index contributed by atoms with van der Waals surface area (Å²) < 4.78 is 66.7. The van der Waals surface area contributed by atoms with Gasteiger partial charge in [-0.2, -0.15) is 0 Å². The molecule has 0 aromatic heterocycles. The van der Waals surface area contributed by atoms with Crippen molar-refractivity contribution in [3.63, 3.8) is 0 Å². The number of halogens is 5. The first-order chi connectivity index (χ1) is 12.9. The Morgan fingerprint density at radius 1 is 0.889 bits per heavy atom. The quantitative estimate of drug-likeness (QED) is 0.477. The molecule has 0 bridgehead atoms. The molecule has 0 radical (unpaired) electrons. The fraction of sp³-hybridized carbons (Fsp3) is 0.278. The fourth-order valence-electron chi connectivity index (χ4n) is 3.02. The first-order valence-corrected chi connectivity index (χ1v) is 8.33. The highest BCUT2D eigenvalue weighted by molar-refractivity contribution is 5.91. The van der Waals surface area contributed by atoms with E-state index in [2.05, 4.69) is 4.90 Å². The molecule has 2 aromatic carbocycles. The van der Waals surface area contributed by atoms with E-state index < -0.39 is 40.7 Å². The number of rotatable bonds is 4. The minimum Gasteiger partial charge on any atom is -0.360 e. The summed E-state index contributed by atoms with van der Waals surface area (Å²) in [5, 5.41) is 1.81. The molecule has 4 nitrogen and oxygen atoms in total. The maximum atomic E-state index is 13.6. The van der Waals surface area contributed by atoms with Crippen molar-refractivity contribution in [3.8, 4) is 0 Å². The average Bonchev–Trinajstić information content (AvgIpc) is 2.69. The van der Waals surface area contributed by atoms with Gasteiger partial charge in [0.05, 0.1) is 26.2 Å². The lowest BCUT2D eigenvalue weighted by Crippen LogP contribution is -3.15. The first-order valence-electron chi connectivity index (χ1n) is 8.33. The minimum atomic E-state index is -2.26. The van der Waals surface area contributed by atoms with Crippen molar-refractivity contribution in [3.05, 3.63) is 59.4 Å². The van der Waals surface area contributed by atoms with Crippen LogP contribution in [0.4, 0.5) is 33.3 Å². The molecular weight excluding hydrogens is 369 g/mol. The van der Waals surface area contributed by atoms with E-state index in [1.807, 2.05) is 35.6 Å². The van der Waals surface area contributed by atoms with Gasteiger partial charge >= 0.3 is 0 Å². The molecule has 0 saturated carbocycles. The number of quaternary nitrogens is 1. The second kappa shape index (κ2) is 7.91. The number of anilines is 2. The van der Waals surface area contributed by atoms with Crippen molar-refractivity contribution in [2.24, 2.45) is 0 Å². The lowest BCUT2D eigenvalue weighted by molar-refractivity contribution is -0.892. The van der Waals surface area contributed by atoms with Gasteiger partial charge in [0.1, 0.15) is 5.69 Å². The van der Waals surface area contributed by atoms with Gasteiger partial charge in [-0.1, -0.05) is 18.2 Å². The molecule has 1 aliphatic rings. The highest BCUT2D eigenvalue weighted by Gasteiger charge is 2.28. The third-order valence-electron chi connectivity index (χ3n) is 4.48. The number of hydrogen-bond donors (Lipinski definition) is 2. The normalized spacial score (nSPS) is 15.1. The van der Waals surface area contributed by atoms with E-state index in [0.29, 0.717) is 26.2 Å². The van der Waals surface area contributed by atoms with E-state index in [-0.39, 0.29) is 6.54 Å². The summed E-state index contributed by atoms with van der Waals surface area (Å²) in [6.45, 7) is 2.41. The van der Waals surface area contributed by atoms with Crippen molar-refractivity contribution in [2.45, 2.75) is 0 Å². The topological polar surface area (TPSA) is 36.8 Å². The van der Waals surface area contributed by atoms with E-state index in [9.17, 15) is 26.7 Å². The third-order valence-corrected chi connectivity index (χ3v) is 4.48. The molecule has 1 fully saturated rings. The lowest BCUT2D eigenvalue weighted by atomic mass is 10.2. The summed E-state index contributed by atoms with van der Waals surface area (Å²) in [6, 6.07) is 9.70. The number of carbonyl (C=O) groups is 1. The standard InChI is InChI=1S/C18H16F5N3O/c19-13-14(20)16(22)18(17(23)15(13)21)24-12(27)10-25-6-8-26(9-7-25)11-4-2-1-3-5-11/h1-5H,6-10H2,(H,24,27)/p+1. The van der Waals surface area contributed by atoms with Gasteiger partial charge < -0.3 is 15.1 Å². The monoisotopic (exact) mass is 386 g/mol. The number of para-hydroxylation sites is 1. The molecule has 0 unspecified atom stereocenters. The molecule has 1 aliphatic heterocycles. The predicted molar refractivity (Wildman–Crippen MR) is 89.1 cm³/mol. The summed E-state index contributed by atoms with van der Waals surface area (Å²) >= 11 is 0. The van der Waals surface area contributed by atoms with Crippen LogP contribution >= 0.6 is 0 Å². The number of nitrogens with one attached hydrogen (secondary N) is 2. The maximum absolute atomic E-state index is 13.6. The molecule has 1 saturated heterocycles. The van der Waals surface area contributed by atoms with Crippen molar-refractivity contribution in [2.75, 3.05) is 42.9 Å². The molecule has 27 heavy (non-hydrogen) atoms. The Labute approximate surface area is 152 Å². The van der Waals surface area contributed by atoms with Crippen LogP contribution in [0.2, 0.25) is 0 Å². The Kier molecular flexibility index (Phi) is 5.59. The Morgan fingerprint density at radius 2 is 1.41 bits per heavy atom. The smallest absolute Gasteiger partial charge is 0.279 e. The van der Waals surface area contributed by atoms with Gasteiger partial charge in [0.2, 0.25) is 5.82 Å². The third kappa shape index (κ3) is 4.02. The summed E-state index contributed by atoms with van der Waals surface area (Å²) in [6.07, 6.45) is 0. The highest BCUT2D eigenvalue weighted by Crippen LogP contribution is 2.26. The van der Waals surface area contributed by atoms with Crippen molar-refractivity contribution in [1.29, 1.82) is 0 Å². The van der Waals surface area contributed by atoms with Crippen LogP contribution in [0.1, 0.15) is 0 Å². The number of benzene rings is 2. The van der Waals surface area contributed by atoms with Crippen LogP contribution in [-0.4, -0.2) is 38.6 Å². The molecule has 2 N–H and O–H groups in total. The number of amides is 1. The molecule has 3 rings (SSSR count). The number of piperazine rings is 1. The first kappa shape index (κ1) is 19.1. The molecule has 1 amide bonds. The Balaban J connectivity index is 1.60. The summed E-state index contributed by atoms with van der Waals surface area (Å²) in [5.41, 5.74) is -0.263. The van der Waals surface area contributed by atoms with Crippen LogP contribution in [0.15, 0.2) is 30.3 Å². The SMILES string of the molecule is O=C(C[NH+]1CCN(c2ccccc2)CC1)Nc1c(F)c(F)c(F)c(F)c1F. The highest BCUT2D eigenvalue weighted by atomic mass is 19.2. The maximum Gasteiger partial charge on any atom is 0.279 e. The van der Waals surface area contributed by atoms with Gasteiger partial charge in [0.25, 0.3) is 5.91 Å². The van der Waals surface area contributed by atoms with Crippen LogP contribution in [0.3, 0.4) is 0 Å². The number of nitrogens with zero attached hydrogens (tertiary/aromatic N) is 1. The fourth-order valence-corrected chi connectivity index (χ4v) is 3.02. The average molecular weight is 386 g/mol. The van der Waals surface area contributed by atoms with E-state index in [1.165, 1.54) is 0 Å². The van der Waals surface area contributed by atoms with Crippen LogP contribution in [0.25, 0.3) is 0 Å². The van der Waals surface area contributed by atoms with Gasteiger partial charge in [0.15, 0.2) is 29.8 Å². The lowest BCUT2D eigenvalue weighted by Gasteiger charge is -2.33. The van der Waals surface area contributed by atoms with Crippen LogP contribution < -0.4 is 15.1 Å². The van der Waals surface area contributed by atoms with E-state index in [4.69, 9.17) is 0 Å². The second-order valence-electron chi connectivity index (χ2n) is 6.24. The van der Waals surface area contributed by atoms with Gasteiger partial charge in [0, 0.05) is 5.69 Å². The van der Waals surface area contributed by atoms with Crippen LogP contribution in [0, 0.1) is 29.1 Å². The van der Waals surface area contributed by atoms with E-state index in [1.54, 1.807) is 0 Å². The minimum absolute atomic E-state index is 0.137. The zero-order chi connectivity index (χ0) is 19.6. The van der Waals surface area contributed by atoms with Crippen molar-refractivity contribution in [1.82, 2.24) is 0 Å². The van der Waals surface area contributed by atoms with Crippen molar-refractivity contribution >= 4 is 17.3 Å². The number of carbonyl (C=O) groups excluding carboxylic acids is 1. The predicted octanol–water partition coefficient (Wildman–Crippen LogP) is 1.73. The molecule has 0 spiro atoms. The molecule has 9 heteroatoms. The Bertz CT molecular complexity index is 810. The summed E-state index contributed by atoms with van der Waals surface area (Å²) in [7, 11) is 0. The Hall–Kier alpha value is -2.68. The zero-order valence-corrected chi connectivity index (χ0v) is 14.2. The summed E-state index contributed by atoms with van der Waals surface area (Å²) in [5.74, 6) is -11.4. The van der Waals surface area contributed by atoms with Gasteiger partial charge in [-0.3, -0.25) is 4.79 Å². The van der Waals surface area contributed by atoms with Crippen molar-refractivity contribution < 1.29 is 31.6 Å². The molecular formula is C18H17F5N3O+. The molecule has 1 heterocycles. The molecule has 0 atom stereocenters. The Morgan fingerprint density at radius 3 is 1.96 bits per heavy atom.